The fourth-order valence-electron chi connectivity index (χ4n) is 1.99. The third kappa shape index (κ3) is 2.49. The molecule has 1 aromatic carbocycles. The molecule has 0 amide bonds. The molecule has 0 saturated carbocycles. The molecule has 2 rings (SSSR count). The first-order chi connectivity index (χ1) is 6.25. The average Bonchev–Trinajstić information content (AvgIpc) is 2.25. The van der Waals surface area contributed by atoms with Gasteiger partial charge in [0, 0.05) is 6.04 Å². The molecule has 1 aliphatic rings. The van der Waals surface area contributed by atoms with Crippen LogP contribution in [0.15, 0.2) is 18.2 Å². The zero-order valence-corrected chi connectivity index (χ0v) is 9.78. The summed E-state index contributed by atoms with van der Waals surface area (Å²) in [5.41, 5.74) is 8.50. The zero-order valence-electron chi connectivity index (χ0n) is 8.07. The third-order valence-corrected chi connectivity index (χ3v) is 2.69. The van der Waals surface area contributed by atoms with Gasteiger partial charge in [-0.2, -0.15) is 0 Å². The topological polar surface area (TPSA) is 46.2 Å². The highest BCUT2D eigenvalue weighted by Crippen LogP contribution is 2.23. The lowest BCUT2D eigenvalue weighted by atomic mass is 10.0. The predicted molar refractivity (Wildman–Crippen MR) is 63.0 cm³/mol. The molecule has 0 aromatic heterocycles. The Morgan fingerprint density at radius 1 is 1.29 bits per heavy atom. The molecule has 0 saturated heterocycles. The number of phenolic OH excluding ortho intramolecular Hbond substituents is 1. The predicted octanol–water partition coefficient (Wildman–Crippen LogP) is 2.18. The average molecular weight is 258 g/mol. The van der Waals surface area contributed by atoms with Gasteiger partial charge in [0.15, 0.2) is 0 Å². The van der Waals surface area contributed by atoms with Crippen LogP contribution in [0.3, 0.4) is 0 Å². The van der Waals surface area contributed by atoms with Crippen LogP contribution in [-0.2, 0) is 12.8 Å². The van der Waals surface area contributed by atoms with Crippen LogP contribution in [0, 0.1) is 0 Å². The molecule has 0 spiro atoms. The quantitative estimate of drug-likeness (QED) is 0.700. The first-order valence-electron chi connectivity index (χ1n) is 4.82. The summed E-state index contributed by atoms with van der Waals surface area (Å²) in [6.07, 6.45) is 4.27. The molecule has 1 aromatic rings. The lowest BCUT2D eigenvalue weighted by Gasteiger charge is -2.08. The van der Waals surface area contributed by atoms with E-state index in [1.54, 1.807) is 6.07 Å². The maximum absolute atomic E-state index is 9.33. The zero-order chi connectivity index (χ0) is 9.26. The molecule has 0 bridgehead atoms. The Labute approximate surface area is 94.9 Å². The van der Waals surface area contributed by atoms with Crippen molar-refractivity contribution in [3.05, 3.63) is 29.3 Å². The van der Waals surface area contributed by atoms with Crippen molar-refractivity contribution in [1.29, 1.82) is 0 Å². The number of phenols is 1. The fourth-order valence-corrected chi connectivity index (χ4v) is 1.99. The largest absolute Gasteiger partial charge is 0.508 e. The van der Waals surface area contributed by atoms with Gasteiger partial charge in [0.2, 0.25) is 0 Å². The van der Waals surface area contributed by atoms with Crippen molar-refractivity contribution < 1.29 is 5.11 Å². The third-order valence-electron chi connectivity index (χ3n) is 2.69. The molecule has 0 heterocycles. The van der Waals surface area contributed by atoms with Gasteiger partial charge in [-0.15, -0.1) is 17.0 Å². The minimum absolute atomic E-state index is 0. The van der Waals surface area contributed by atoms with Gasteiger partial charge in [-0.1, -0.05) is 6.07 Å². The number of rotatable bonds is 0. The second-order valence-electron chi connectivity index (χ2n) is 3.81. The molecule has 3 heteroatoms. The van der Waals surface area contributed by atoms with Gasteiger partial charge in [0.1, 0.15) is 5.75 Å². The van der Waals surface area contributed by atoms with E-state index in [1.165, 1.54) is 17.5 Å². The Kier molecular flexibility index (Phi) is 3.96. The Morgan fingerprint density at radius 3 is 2.86 bits per heavy atom. The minimum Gasteiger partial charge on any atom is -0.508 e. The summed E-state index contributed by atoms with van der Waals surface area (Å²) >= 11 is 0. The normalized spacial score (nSPS) is 20.5. The van der Waals surface area contributed by atoms with Crippen LogP contribution in [0.4, 0.5) is 0 Å². The molecule has 3 N–H and O–H groups in total. The van der Waals surface area contributed by atoms with Gasteiger partial charge in [0.25, 0.3) is 0 Å². The van der Waals surface area contributed by atoms with E-state index < -0.39 is 0 Å². The summed E-state index contributed by atoms with van der Waals surface area (Å²) in [6, 6.07) is 5.89. The number of hydrogen-bond acceptors (Lipinski definition) is 2. The lowest BCUT2D eigenvalue weighted by molar-refractivity contribution is 0.474. The second kappa shape index (κ2) is 4.80. The van der Waals surface area contributed by atoms with Crippen molar-refractivity contribution in [2.45, 2.75) is 31.7 Å². The number of halogens is 1. The van der Waals surface area contributed by atoms with Crippen LogP contribution in [0.2, 0.25) is 0 Å². The Morgan fingerprint density at radius 2 is 2.07 bits per heavy atom. The van der Waals surface area contributed by atoms with E-state index in [4.69, 9.17) is 5.73 Å². The van der Waals surface area contributed by atoms with Gasteiger partial charge < -0.3 is 10.8 Å². The van der Waals surface area contributed by atoms with E-state index in [0.29, 0.717) is 5.75 Å². The molecule has 0 unspecified atom stereocenters. The van der Waals surface area contributed by atoms with Gasteiger partial charge in [-0.25, -0.2) is 0 Å². The van der Waals surface area contributed by atoms with Crippen molar-refractivity contribution in [3.8, 4) is 5.75 Å². The van der Waals surface area contributed by atoms with Crippen molar-refractivity contribution >= 4 is 17.0 Å². The summed E-state index contributed by atoms with van der Waals surface area (Å²) in [4.78, 5) is 0. The van der Waals surface area contributed by atoms with E-state index in [1.807, 2.05) is 12.1 Å². The molecule has 1 atom stereocenters. The van der Waals surface area contributed by atoms with E-state index in [0.717, 1.165) is 19.3 Å². The van der Waals surface area contributed by atoms with Crippen LogP contribution in [0.25, 0.3) is 0 Å². The summed E-state index contributed by atoms with van der Waals surface area (Å²) in [7, 11) is 0. The van der Waals surface area contributed by atoms with Gasteiger partial charge >= 0.3 is 0 Å². The Bertz CT molecular complexity index is 314. The molecule has 1 aliphatic carbocycles. The van der Waals surface area contributed by atoms with E-state index in [9.17, 15) is 5.11 Å². The standard InChI is InChI=1S/C11H15NO.BrH/c12-10-3-1-2-8-4-5-11(13)7-9(8)6-10;/h4-5,7,10,13H,1-3,6,12H2;1H/t10-;/m0./s1. The minimum atomic E-state index is 0. The van der Waals surface area contributed by atoms with Gasteiger partial charge in [-0.3, -0.25) is 0 Å². The van der Waals surface area contributed by atoms with E-state index in [2.05, 4.69) is 0 Å². The number of benzene rings is 1. The summed E-state index contributed by atoms with van der Waals surface area (Å²) in [5, 5.41) is 9.33. The van der Waals surface area contributed by atoms with Crippen LogP contribution in [-0.4, -0.2) is 11.1 Å². The second-order valence-corrected chi connectivity index (χ2v) is 3.81. The van der Waals surface area contributed by atoms with E-state index >= 15 is 0 Å². The number of aryl methyl sites for hydroxylation is 1. The number of fused-ring (bicyclic) bond motifs is 1. The SMILES string of the molecule is Br.N[C@H]1CCCc2ccc(O)cc2C1. The summed E-state index contributed by atoms with van der Waals surface area (Å²) in [6.45, 7) is 0. The van der Waals surface area contributed by atoms with E-state index in [-0.39, 0.29) is 23.0 Å². The van der Waals surface area contributed by atoms with Crippen LogP contribution in [0.1, 0.15) is 24.0 Å². The molecule has 0 fully saturated rings. The van der Waals surface area contributed by atoms with Crippen LogP contribution < -0.4 is 5.73 Å². The molecule has 78 valence electrons. The molecule has 2 nitrogen and oxygen atoms in total. The first-order valence-corrected chi connectivity index (χ1v) is 4.82. The van der Waals surface area contributed by atoms with Crippen molar-refractivity contribution in [2.24, 2.45) is 5.73 Å². The number of hydrogen-bond donors (Lipinski definition) is 2. The highest BCUT2D eigenvalue weighted by Gasteiger charge is 2.13. The highest BCUT2D eigenvalue weighted by molar-refractivity contribution is 8.93. The monoisotopic (exact) mass is 257 g/mol. The Hall–Kier alpha value is -0.540. The molecular weight excluding hydrogens is 242 g/mol. The number of aromatic hydroxyl groups is 1. The maximum atomic E-state index is 9.33. The summed E-state index contributed by atoms with van der Waals surface area (Å²) < 4.78 is 0. The van der Waals surface area contributed by atoms with Gasteiger partial charge in [-0.05, 0) is 48.9 Å². The lowest BCUT2D eigenvalue weighted by Crippen LogP contribution is -2.21. The van der Waals surface area contributed by atoms with Crippen LogP contribution >= 0.6 is 17.0 Å². The molecule has 0 radical (unpaired) electrons. The smallest absolute Gasteiger partial charge is 0.115 e. The van der Waals surface area contributed by atoms with Gasteiger partial charge in [0.05, 0.1) is 0 Å². The highest BCUT2D eigenvalue weighted by atomic mass is 79.9. The first kappa shape index (κ1) is 11.5. The summed E-state index contributed by atoms with van der Waals surface area (Å²) in [5.74, 6) is 0.354. The van der Waals surface area contributed by atoms with Crippen molar-refractivity contribution in [3.63, 3.8) is 0 Å². The van der Waals surface area contributed by atoms with Crippen molar-refractivity contribution in [1.82, 2.24) is 0 Å². The molecule has 14 heavy (non-hydrogen) atoms. The molecule has 0 aliphatic heterocycles. The Balaban J connectivity index is 0.000000980. The van der Waals surface area contributed by atoms with Crippen molar-refractivity contribution in [2.75, 3.05) is 0 Å². The number of nitrogens with two attached hydrogens (primary N) is 1. The fraction of sp³-hybridized carbons (Fsp3) is 0.455. The maximum Gasteiger partial charge on any atom is 0.115 e. The molecular formula is C11H16BrNO. The van der Waals surface area contributed by atoms with Crippen LogP contribution in [0.5, 0.6) is 5.75 Å².